The van der Waals surface area contributed by atoms with Crippen molar-refractivity contribution in [3.05, 3.63) is 35.4 Å². The monoisotopic (exact) mass is 311 g/mol. The smallest absolute Gasteiger partial charge is 0.227 e. The van der Waals surface area contributed by atoms with Gasteiger partial charge in [-0.3, -0.25) is 4.79 Å². The molecule has 0 saturated carbocycles. The van der Waals surface area contributed by atoms with Crippen LogP contribution in [0.15, 0.2) is 18.2 Å². The van der Waals surface area contributed by atoms with Gasteiger partial charge in [-0.15, -0.1) is 0 Å². The molecule has 0 unspecified atom stereocenters. The van der Waals surface area contributed by atoms with E-state index in [2.05, 4.69) is 0 Å². The van der Waals surface area contributed by atoms with Crippen LogP contribution in [0, 0.1) is 11.6 Å². The van der Waals surface area contributed by atoms with E-state index in [-0.39, 0.29) is 12.3 Å². The van der Waals surface area contributed by atoms with E-state index in [1.165, 1.54) is 6.07 Å². The van der Waals surface area contributed by atoms with Gasteiger partial charge in [-0.25, -0.2) is 8.78 Å². The van der Waals surface area contributed by atoms with Crippen LogP contribution in [0.2, 0.25) is 0 Å². The molecule has 2 aliphatic rings. The molecule has 1 aromatic carbocycles. The van der Waals surface area contributed by atoms with Gasteiger partial charge in [0.25, 0.3) is 0 Å². The molecule has 1 aromatic rings. The average Bonchev–Trinajstić information content (AvgIpc) is 2.95. The number of carbonyl (C=O) groups excluding carboxylic acids is 1. The van der Waals surface area contributed by atoms with E-state index in [1.54, 1.807) is 4.90 Å². The predicted octanol–water partition coefficient (Wildman–Crippen LogP) is 1.65. The first-order chi connectivity index (χ1) is 10.5. The molecule has 1 amide bonds. The van der Waals surface area contributed by atoms with Gasteiger partial charge in [-0.2, -0.15) is 0 Å². The Hall–Kier alpha value is -1.53. The molecule has 0 bridgehead atoms. The maximum absolute atomic E-state index is 13.2. The summed E-state index contributed by atoms with van der Waals surface area (Å²) in [6.45, 7) is 1.41. The van der Waals surface area contributed by atoms with E-state index >= 15 is 0 Å². The largest absolute Gasteiger partial charge is 0.390 e. The van der Waals surface area contributed by atoms with Crippen LogP contribution in [-0.4, -0.2) is 47.3 Å². The van der Waals surface area contributed by atoms with Crippen LogP contribution in [0.25, 0.3) is 0 Å². The fraction of sp³-hybridized carbons (Fsp3) is 0.562. The summed E-state index contributed by atoms with van der Waals surface area (Å²) in [5.41, 5.74) is -0.210. The third-order valence-electron chi connectivity index (χ3n) is 4.56. The lowest BCUT2D eigenvalue weighted by atomic mass is 9.87. The second-order valence-corrected chi connectivity index (χ2v) is 6.06. The minimum Gasteiger partial charge on any atom is -0.390 e. The number of aliphatic hydroxyl groups is 1. The number of rotatable bonds is 2. The topological polar surface area (TPSA) is 49.8 Å². The Morgan fingerprint density at radius 1 is 1.41 bits per heavy atom. The van der Waals surface area contributed by atoms with Crippen molar-refractivity contribution in [1.82, 2.24) is 4.90 Å². The highest BCUT2D eigenvalue weighted by atomic mass is 19.2. The Labute approximate surface area is 127 Å². The lowest BCUT2D eigenvalue weighted by Crippen LogP contribution is -2.58. The summed E-state index contributed by atoms with van der Waals surface area (Å²) in [6, 6.07) is 3.49. The summed E-state index contributed by atoms with van der Waals surface area (Å²) < 4.78 is 31.8. The third kappa shape index (κ3) is 2.85. The Bertz CT molecular complexity index is 573. The maximum Gasteiger partial charge on any atom is 0.227 e. The van der Waals surface area contributed by atoms with Gasteiger partial charge in [0.2, 0.25) is 5.91 Å². The third-order valence-corrected chi connectivity index (χ3v) is 4.56. The highest BCUT2D eigenvalue weighted by Gasteiger charge is 2.47. The van der Waals surface area contributed by atoms with Crippen LogP contribution in [-0.2, 0) is 16.0 Å². The quantitative estimate of drug-likeness (QED) is 0.903. The van der Waals surface area contributed by atoms with Crippen molar-refractivity contribution in [3.8, 4) is 0 Å². The molecule has 1 N–H and O–H groups in total. The van der Waals surface area contributed by atoms with E-state index in [0.29, 0.717) is 31.7 Å². The zero-order valence-corrected chi connectivity index (χ0v) is 12.2. The number of benzene rings is 1. The van der Waals surface area contributed by atoms with Crippen molar-refractivity contribution < 1.29 is 23.4 Å². The number of piperidine rings is 1. The average molecular weight is 311 g/mol. The van der Waals surface area contributed by atoms with E-state index in [0.717, 1.165) is 25.0 Å². The highest BCUT2D eigenvalue weighted by Crippen LogP contribution is 2.35. The molecule has 2 saturated heterocycles. The van der Waals surface area contributed by atoms with Gasteiger partial charge in [0.05, 0.1) is 19.1 Å². The Morgan fingerprint density at radius 2 is 2.23 bits per heavy atom. The molecular formula is C16H19F2NO3. The lowest BCUT2D eigenvalue weighted by molar-refractivity contribution is -0.154. The zero-order chi connectivity index (χ0) is 15.7. The second-order valence-electron chi connectivity index (χ2n) is 6.06. The number of ether oxygens (including phenoxy) is 1. The van der Waals surface area contributed by atoms with Gasteiger partial charge in [-0.1, -0.05) is 6.07 Å². The van der Waals surface area contributed by atoms with Crippen molar-refractivity contribution in [1.29, 1.82) is 0 Å². The van der Waals surface area contributed by atoms with Crippen LogP contribution in [0.3, 0.4) is 0 Å². The number of halogens is 2. The van der Waals surface area contributed by atoms with Gasteiger partial charge >= 0.3 is 0 Å². The van der Waals surface area contributed by atoms with Crippen molar-refractivity contribution in [2.75, 3.05) is 19.7 Å². The molecule has 0 aromatic heterocycles. The van der Waals surface area contributed by atoms with Crippen LogP contribution >= 0.6 is 0 Å². The number of amides is 1. The minimum atomic E-state index is -0.949. The number of hydrogen-bond donors (Lipinski definition) is 1. The SMILES string of the molecule is O=C(Cc1ccc(F)c(F)c1)N1CC[C@H](O)[C@]2(CCCO2)C1. The lowest BCUT2D eigenvalue weighted by Gasteiger charge is -2.43. The van der Waals surface area contributed by atoms with E-state index in [4.69, 9.17) is 4.74 Å². The first-order valence-electron chi connectivity index (χ1n) is 7.54. The maximum atomic E-state index is 13.2. The fourth-order valence-corrected chi connectivity index (χ4v) is 3.30. The van der Waals surface area contributed by atoms with Gasteiger partial charge in [0.15, 0.2) is 11.6 Å². The van der Waals surface area contributed by atoms with E-state index in [9.17, 15) is 18.7 Å². The Morgan fingerprint density at radius 3 is 2.91 bits per heavy atom. The number of carbonyl (C=O) groups is 1. The normalized spacial score (nSPS) is 28.3. The zero-order valence-electron chi connectivity index (χ0n) is 12.2. The number of aliphatic hydroxyl groups excluding tert-OH is 1. The van der Waals surface area contributed by atoms with Gasteiger partial charge in [0, 0.05) is 13.2 Å². The molecule has 0 radical (unpaired) electrons. The van der Waals surface area contributed by atoms with Crippen molar-refractivity contribution in [2.24, 2.45) is 0 Å². The van der Waals surface area contributed by atoms with Crippen molar-refractivity contribution in [2.45, 2.75) is 37.4 Å². The number of likely N-dealkylation sites (tertiary alicyclic amines) is 1. The Kier molecular flexibility index (Phi) is 4.14. The molecule has 120 valence electrons. The van der Waals surface area contributed by atoms with Gasteiger partial charge in [0.1, 0.15) is 5.60 Å². The number of hydrogen-bond acceptors (Lipinski definition) is 3. The van der Waals surface area contributed by atoms with Crippen LogP contribution in [0.5, 0.6) is 0 Å². The minimum absolute atomic E-state index is 0.0172. The first-order valence-corrected chi connectivity index (χ1v) is 7.54. The van der Waals surface area contributed by atoms with Crippen molar-refractivity contribution >= 4 is 5.91 Å². The van der Waals surface area contributed by atoms with Crippen LogP contribution < -0.4 is 0 Å². The Balaban J connectivity index is 1.68. The summed E-state index contributed by atoms with van der Waals surface area (Å²) in [5, 5.41) is 10.2. The molecule has 2 heterocycles. The summed E-state index contributed by atoms with van der Waals surface area (Å²) in [5.74, 6) is -2.03. The molecule has 6 heteroatoms. The van der Waals surface area contributed by atoms with Crippen LogP contribution in [0.1, 0.15) is 24.8 Å². The number of nitrogens with zero attached hydrogens (tertiary/aromatic N) is 1. The predicted molar refractivity (Wildman–Crippen MR) is 75.2 cm³/mol. The standard InChI is InChI=1S/C16H19F2NO3/c17-12-3-2-11(8-13(12)18)9-15(21)19-6-4-14(20)16(10-19)5-1-7-22-16/h2-3,8,14,20H,1,4-7,9-10H2/t14-,16-/m0/s1. The summed E-state index contributed by atoms with van der Waals surface area (Å²) in [6.07, 6.45) is 1.56. The molecule has 22 heavy (non-hydrogen) atoms. The van der Waals surface area contributed by atoms with Gasteiger partial charge in [-0.05, 0) is 37.0 Å². The molecule has 2 aliphatic heterocycles. The first kappa shape index (κ1) is 15.4. The molecule has 1 spiro atoms. The van der Waals surface area contributed by atoms with Gasteiger partial charge < -0.3 is 14.7 Å². The molecule has 3 rings (SSSR count). The molecular weight excluding hydrogens is 292 g/mol. The van der Waals surface area contributed by atoms with E-state index < -0.39 is 23.3 Å². The van der Waals surface area contributed by atoms with Crippen molar-refractivity contribution in [3.63, 3.8) is 0 Å². The van der Waals surface area contributed by atoms with Crippen LogP contribution in [0.4, 0.5) is 8.78 Å². The molecule has 0 aliphatic carbocycles. The van der Waals surface area contributed by atoms with E-state index in [1.807, 2.05) is 0 Å². The molecule has 2 atom stereocenters. The summed E-state index contributed by atoms with van der Waals surface area (Å²) in [7, 11) is 0. The second kappa shape index (κ2) is 5.93. The summed E-state index contributed by atoms with van der Waals surface area (Å²) in [4.78, 5) is 14.0. The molecule has 2 fully saturated rings. The fourth-order valence-electron chi connectivity index (χ4n) is 3.30. The molecule has 4 nitrogen and oxygen atoms in total. The summed E-state index contributed by atoms with van der Waals surface area (Å²) >= 11 is 0. The highest BCUT2D eigenvalue weighted by molar-refractivity contribution is 5.79.